The van der Waals surface area contributed by atoms with Crippen molar-refractivity contribution in [2.24, 2.45) is 7.05 Å². The number of nitrogens with one attached hydrogen (secondary N) is 1. The molecule has 0 amide bonds. The van der Waals surface area contributed by atoms with Gasteiger partial charge in [0.25, 0.3) is 5.56 Å². The van der Waals surface area contributed by atoms with Crippen LogP contribution in [-0.4, -0.2) is 20.4 Å². The maximum atomic E-state index is 13.5. The molecule has 0 atom stereocenters. The van der Waals surface area contributed by atoms with Crippen LogP contribution in [0, 0.1) is 5.82 Å². The van der Waals surface area contributed by atoms with Crippen molar-refractivity contribution in [2.45, 2.75) is 19.9 Å². The van der Waals surface area contributed by atoms with Crippen LogP contribution < -0.4 is 10.9 Å². The van der Waals surface area contributed by atoms with Crippen molar-refractivity contribution in [1.29, 1.82) is 0 Å². The van der Waals surface area contributed by atoms with E-state index in [1.54, 1.807) is 17.9 Å². The van der Waals surface area contributed by atoms with E-state index in [-0.39, 0.29) is 17.3 Å². The minimum atomic E-state index is -0.471. The Labute approximate surface area is 104 Å². The number of pyridine rings is 1. The van der Waals surface area contributed by atoms with E-state index in [4.69, 9.17) is 0 Å². The molecule has 0 spiro atoms. The van der Waals surface area contributed by atoms with Crippen LogP contribution in [0.2, 0.25) is 0 Å². The molecule has 0 fully saturated rings. The maximum Gasteiger partial charge on any atom is 0.278 e. The van der Waals surface area contributed by atoms with E-state index >= 15 is 0 Å². The lowest BCUT2D eigenvalue weighted by Gasteiger charge is -2.11. The molecule has 2 heterocycles. The minimum absolute atomic E-state index is 0.0573. The standard InChI is InChI=1S/C12H15FN4O/c1-8(2)15-11-4-9(13)6-17(12(11)18)10-5-14-16(3)7-10/h4-8,15H,1-3H3. The summed E-state index contributed by atoms with van der Waals surface area (Å²) in [5.41, 5.74) is 0.487. The quantitative estimate of drug-likeness (QED) is 0.898. The van der Waals surface area contributed by atoms with E-state index < -0.39 is 5.82 Å². The maximum absolute atomic E-state index is 13.5. The molecule has 0 bridgehead atoms. The molecular weight excluding hydrogens is 235 g/mol. The van der Waals surface area contributed by atoms with Gasteiger partial charge in [0.2, 0.25) is 0 Å². The predicted molar refractivity (Wildman–Crippen MR) is 67.5 cm³/mol. The summed E-state index contributed by atoms with van der Waals surface area (Å²) < 4.78 is 16.3. The highest BCUT2D eigenvalue weighted by Crippen LogP contribution is 2.09. The molecule has 0 saturated carbocycles. The molecule has 0 aliphatic heterocycles. The molecule has 6 heteroatoms. The summed E-state index contributed by atoms with van der Waals surface area (Å²) in [6.07, 6.45) is 4.32. The second-order valence-corrected chi connectivity index (χ2v) is 4.42. The summed E-state index contributed by atoms with van der Waals surface area (Å²) in [4.78, 5) is 12.2. The van der Waals surface area contributed by atoms with E-state index in [1.807, 2.05) is 13.8 Å². The smallest absolute Gasteiger partial charge is 0.278 e. The van der Waals surface area contributed by atoms with Gasteiger partial charge in [0, 0.05) is 31.5 Å². The number of hydrogen-bond donors (Lipinski definition) is 1. The van der Waals surface area contributed by atoms with Gasteiger partial charge in [-0.05, 0) is 13.8 Å². The first-order valence-electron chi connectivity index (χ1n) is 5.65. The van der Waals surface area contributed by atoms with Crippen molar-refractivity contribution in [2.75, 3.05) is 5.32 Å². The van der Waals surface area contributed by atoms with E-state index in [9.17, 15) is 9.18 Å². The second-order valence-electron chi connectivity index (χ2n) is 4.42. The van der Waals surface area contributed by atoms with Crippen LogP contribution in [0.4, 0.5) is 10.1 Å². The highest BCUT2D eigenvalue weighted by atomic mass is 19.1. The summed E-state index contributed by atoms with van der Waals surface area (Å²) in [6, 6.07) is 1.26. The number of rotatable bonds is 3. The Kier molecular flexibility index (Phi) is 3.18. The van der Waals surface area contributed by atoms with Crippen LogP contribution in [0.15, 0.2) is 29.5 Å². The molecule has 0 aromatic carbocycles. The molecule has 2 aromatic rings. The molecule has 2 aromatic heterocycles. The number of anilines is 1. The van der Waals surface area contributed by atoms with Crippen molar-refractivity contribution >= 4 is 5.69 Å². The molecule has 18 heavy (non-hydrogen) atoms. The van der Waals surface area contributed by atoms with Gasteiger partial charge in [0.15, 0.2) is 0 Å². The molecule has 0 saturated heterocycles. The van der Waals surface area contributed by atoms with Crippen LogP contribution in [0.5, 0.6) is 0 Å². The van der Waals surface area contributed by atoms with Crippen molar-refractivity contribution in [1.82, 2.24) is 14.3 Å². The van der Waals surface area contributed by atoms with E-state index in [0.717, 1.165) is 6.20 Å². The summed E-state index contributed by atoms with van der Waals surface area (Å²) >= 11 is 0. The van der Waals surface area contributed by atoms with Crippen LogP contribution in [0.1, 0.15) is 13.8 Å². The molecule has 96 valence electrons. The largest absolute Gasteiger partial charge is 0.378 e. The summed E-state index contributed by atoms with van der Waals surface area (Å²) in [5, 5.41) is 6.90. The van der Waals surface area contributed by atoms with Gasteiger partial charge in [0.05, 0.1) is 11.9 Å². The molecule has 0 aliphatic carbocycles. The highest BCUT2D eigenvalue weighted by Gasteiger charge is 2.10. The Hall–Kier alpha value is -2.11. The van der Waals surface area contributed by atoms with Crippen LogP contribution in [0.25, 0.3) is 5.69 Å². The van der Waals surface area contributed by atoms with Gasteiger partial charge in [-0.3, -0.25) is 14.0 Å². The number of aryl methyl sites for hydroxylation is 1. The second kappa shape index (κ2) is 4.64. The average Bonchev–Trinajstić information content (AvgIpc) is 2.69. The highest BCUT2D eigenvalue weighted by molar-refractivity contribution is 5.44. The summed E-state index contributed by atoms with van der Waals surface area (Å²) in [5.74, 6) is -0.471. The fraction of sp³-hybridized carbons (Fsp3) is 0.333. The molecule has 5 nitrogen and oxygen atoms in total. The van der Waals surface area contributed by atoms with Gasteiger partial charge in [-0.15, -0.1) is 0 Å². The number of aromatic nitrogens is 3. The first-order chi connectivity index (χ1) is 8.47. The zero-order chi connectivity index (χ0) is 13.3. The van der Waals surface area contributed by atoms with Crippen molar-refractivity contribution in [3.8, 4) is 5.69 Å². The van der Waals surface area contributed by atoms with Crippen LogP contribution in [0.3, 0.4) is 0 Å². The number of hydrogen-bond acceptors (Lipinski definition) is 3. The third-order valence-corrected chi connectivity index (χ3v) is 2.40. The Bertz CT molecular complexity index is 615. The summed E-state index contributed by atoms with van der Waals surface area (Å²) in [7, 11) is 1.74. The van der Waals surface area contributed by atoms with Gasteiger partial charge in [0.1, 0.15) is 11.5 Å². The molecule has 2 rings (SSSR count). The molecular formula is C12H15FN4O. The number of nitrogens with zero attached hydrogens (tertiary/aromatic N) is 3. The van der Waals surface area contributed by atoms with Crippen molar-refractivity contribution in [3.63, 3.8) is 0 Å². The zero-order valence-corrected chi connectivity index (χ0v) is 10.5. The SMILES string of the molecule is CC(C)Nc1cc(F)cn(-c2cnn(C)c2)c1=O. The minimum Gasteiger partial charge on any atom is -0.378 e. The molecule has 0 unspecified atom stereocenters. The molecule has 0 radical (unpaired) electrons. The fourth-order valence-corrected chi connectivity index (χ4v) is 1.69. The lowest BCUT2D eigenvalue weighted by atomic mass is 10.3. The third kappa shape index (κ3) is 2.42. The topological polar surface area (TPSA) is 51.9 Å². The van der Waals surface area contributed by atoms with E-state index in [0.29, 0.717) is 5.69 Å². The summed E-state index contributed by atoms with van der Waals surface area (Å²) in [6.45, 7) is 3.78. The Morgan fingerprint density at radius 1 is 1.39 bits per heavy atom. The van der Waals surface area contributed by atoms with E-state index in [2.05, 4.69) is 10.4 Å². The Morgan fingerprint density at radius 2 is 2.11 bits per heavy atom. The van der Waals surface area contributed by atoms with Crippen LogP contribution in [-0.2, 0) is 7.05 Å². The van der Waals surface area contributed by atoms with Crippen molar-refractivity contribution in [3.05, 3.63) is 40.8 Å². The fourth-order valence-electron chi connectivity index (χ4n) is 1.69. The Morgan fingerprint density at radius 3 is 2.67 bits per heavy atom. The van der Waals surface area contributed by atoms with Crippen molar-refractivity contribution < 1.29 is 4.39 Å². The average molecular weight is 250 g/mol. The number of halogens is 1. The van der Waals surface area contributed by atoms with Gasteiger partial charge < -0.3 is 5.32 Å². The normalized spacial score (nSPS) is 10.9. The first kappa shape index (κ1) is 12.3. The van der Waals surface area contributed by atoms with Gasteiger partial charge in [-0.2, -0.15) is 5.10 Å². The first-order valence-corrected chi connectivity index (χ1v) is 5.65. The monoisotopic (exact) mass is 250 g/mol. The van der Waals surface area contributed by atoms with Crippen LogP contribution >= 0.6 is 0 Å². The van der Waals surface area contributed by atoms with Gasteiger partial charge in [-0.1, -0.05) is 0 Å². The van der Waals surface area contributed by atoms with Gasteiger partial charge in [-0.25, -0.2) is 4.39 Å². The Balaban J connectivity index is 2.54. The predicted octanol–water partition coefficient (Wildman–Crippen LogP) is 1.53. The molecule has 0 aliphatic rings. The molecule has 1 N–H and O–H groups in total. The zero-order valence-electron chi connectivity index (χ0n) is 10.5. The third-order valence-electron chi connectivity index (χ3n) is 2.40. The lowest BCUT2D eigenvalue weighted by molar-refractivity contribution is 0.613. The van der Waals surface area contributed by atoms with E-state index in [1.165, 1.54) is 16.8 Å². The lowest BCUT2D eigenvalue weighted by Crippen LogP contribution is -2.25. The van der Waals surface area contributed by atoms with Gasteiger partial charge >= 0.3 is 0 Å².